The fraction of sp³-hybridized carbons (Fsp3) is 0.429. The van der Waals surface area contributed by atoms with Crippen LogP contribution in [-0.4, -0.2) is 36.5 Å². The molecule has 0 fully saturated rings. The van der Waals surface area contributed by atoms with Crippen molar-refractivity contribution >= 4 is 9.05 Å². The van der Waals surface area contributed by atoms with E-state index in [9.17, 15) is 0 Å². The van der Waals surface area contributed by atoms with Crippen LogP contribution < -0.4 is 9.16 Å². The van der Waals surface area contributed by atoms with Crippen LogP contribution in [0.3, 0.4) is 0 Å². The maximum absolute atomic E-state index is 6.13. The fourth-order valence-electron chi connectivity index (χ4n) is 2.67. The van der Waals surface area contributed by atoms with Gasteiger partial charge in [0.25, 0.3) is 0 Å². The molecule has 0 saturated heterocycles. The minimum absolute atomic E-state index is 0.306. The first kappa shape index (κ1) is 21.4. The van der Waals surface area contributed by atoms with E-state index in [4.69, 9.17) is 22.4 Å². The third-order valence-corrected chi connectivity index (χ3v) is 6.16. The van der Waals surface area contributed by atoms with Crippen LogP contribution in [0.2, 0.25) is 0 Å². The molecule has 0 aromatic heterocycles. The normalized spacial score (nSPS) is 11.4. The van der Waals surface area contributed by atoms with Gasteiger partial charge in [0.15, 0.2) is 0 Å². The lowest BCUT2D eigenvalue weighted by atomic mass is 10.1. The zero-order valence-electron chi connectivity index (χ0n) is 16.5. The molecule has 0 aliphatic heterocycles. The quantitative estimate of drug-likeness (QED) is 0.369. The maximum atomic E-state index is 6.13. The maximum Gasteiger partial charge on any atom is 0.749 e. The molecule has 0 spiro atoms. The van der Waals surface area contributed by atoms with Crippen molar-refractivity contribution in [2.24, 2.45) is 0 Å². The summed E-state index contributed by atoms with van der Waals surface area (Å²) in [5.41, 5.74) is 1.14. The van der Waals surface area contributed by atoms with Crippen LogP contribution in [0.25, 0.3) is 0 Å². The Morgan fingerprint density at radius 2 is 1.52 bits per heavy atom. The van der Waals surface area contributed by atoms with Crippen molar-refractivity contribution in [3.8, 4) is 11.5 Å². The zero-order chi connectivity index (χ0) is 19.4. The first-order valence-electron chi connectivity index (χ1n) is 9.42. The molecule has 0 radical (unpaired) electrons. The number of rotatable bonds is 13. The molecule has 0 aliphatic carbocycles. The predicted molar refractivity (Wildman–Crippen MR) is 108 cm³/mol. The van der Waals surface area contributed by atoms with Crippen molar-refractivity contribution in [1.29, 1.82) is 0 Å². The van der Waals surface area contributed by atoms with Crippen LogP contribution in [0.5, 0.6) is 11.5 Å². The van der Waals surface area contributed by atoms with Crippen molar-refractivity contribution in [2.75, 3.05) is 27.4 Å². The highest BCUT2D eigenvalue weighted by Gasteiger charge is 2.46. The molecule has 5 nitrogen and oxygen atoms in total. The van der Waals surface area contributed by atoms with Gasteiger partial charge in [-0.15, -0.1) is 0 Å². The summed E-state index contributed by atoms with van der Waals surface area (Å²) in [5.74, 6) is 1.55. The molecule has 0 saturated carbocycles. The summed E-state index contributed by atoms with van der Waals surface area (Å²) in [7, 11) is -0.183. The molecule has 0 aliphatic rings. The van der Waals surface area contributed by atoms with Crippen molar-refractivity contribution < 1.29 is 22.4 Å². The first-order valence-corrected chi connectivity index (χ1v) is 11.1. The van der Waals surface area contributed by atoms with E-state index in [-0.39, 0.29) is 0 Å². The van der Waals surface area contributed by atoms with E-state index >= 15 is 0 Å². The highest BCUT2D eigenvalue weighted by atomic mass is 28.4. The van der Waals surface area contributed by atoms with E-state index in [1.165, 1.54) is 12.8 Å². The Kier molecular flexibility index (Phi) is 9.34. The smallest absolute Gasteiger partial charge is 0.491 e. The number of ether oxygens (including phenoxy) is 1. The number of para-hydroxylation sites is 2. The Balaban J connectivity index is 1.95. The van der Waals surface area contributed by atoms with Crippen molar-refractivity contribution in [1.82, 2.24) is 0 Å². The van der Waals surface area contributed by atoms with E-state index < -0.39 is 9.05 Å². The minimum Gasteiger partial charge on any atom is -0.491 e. The Morgan fingerprint density at radius 1 is 0.815 bits per heavy atom. The summed E-state index contributed by atoms with van der Waals surface area (Å²) in [6.07, 6.45) is 4.46. The average Bonchev–Trinajstić information content (AvgIpc) is 2.72. The molecule has 148 valence electrons. The molecule has 27 heavy (non-hydrogen) atoms. The number of hydrogen-bond acceptors (Lipinski definition) is 5. The molecule has 6 heteroatoms. The molecule has 2 rings (SSSR count). The standard InChI is InChI=1S/C21H30O5Si/c1-4-5-7-12-19-13-10-11-16-21(19)26-27(22-2,23-3)25-18-17-24-20-14-8-6-9-15-20/h6,8-11,13-16H,4-5,7,12,17-18H2,1-3H3. The summed E-state index contributed by atoms with van der Waals surface area (Å²) < 4.78 is 28.8. The highest BCUT2D eigenvalue weighted by molar-refractivity contribution is 6.54. The Labute approximate surface area is 163 Å². The van der Waals surface area contributed by atoms with Crippen LogP contribution >= 0.6 is 0 Å². The van der Waals surface area contributed by atoms with Crippen LogP contribution in [0.15, 0.2) is 54.6 Å². The summed E-state index contributed by atoms with van der Waals surface area (Å²) >= 11 is 0. The van der Waals surface area contributed by atoms with E-state index in [2.05, 4.69) is 13.0 Å². The monoisotopic (exact) mass is 390 g/mol. The second-order valence-corrected chi connectivity index (χ2v) is 8.39. The second kappa shape index (κ2) is 11.8. The topological polar surface area (TPSA) is 46.2 Å². The Hall–Kier alpha value is -1.86. The van der Waals surface area contributed by atoms with Crippen LogP contribution in [0.1, 0.15) is 31.7 Å². The number of unbranched alkanes of at least 4 members (excludes halogenated alkanes) is 2. The van der Waals surface area contributed by atoms with Crippen LogP contribution in [0, 0.1) is 0 Å². The van der Waals surface area contributed by atoms with Gasteiger partial charge in [0.2, 0.25) is 0 Å². The summed E-state index contributed by atoms with van der Waals surface area (Å²) in [6.45, 7) is 2.88. The summed E-state index contributed by atoms with van der Waals surface area (Å²) in [5, 5.41) is 0. The fourth-order valence-corrected chi connectivity index (χ4v) is 4.10. The average molecular weight is 391 g/mol. The molecule has 0 bridgehead atoms. The Morgan fingerprint density at radius 3 is 2.22 bits per heavy atom. The van der Waals surface area contributed by atoms with Crippen molar-refractivity contribution in [2.45, 2.75) is 32.6 Å². The van der Waals surface area contributed by atoms with Gasteiger partial charge in [-0.3, -0.25) is 0 Å². The lowest BCUT2D eigenvalue weighted by Crippen LogP contribution is -2.51. The van der Waals surface area contributed by atoms with E-state index in [0.29, 0.717) is 13.2 Å². The van der Waals surface area contributed by atoms with Gasteiger partial charge in [0, 0.05) is 14.2 Å². The van der Waals surface area contributed by atoms with E-state index in [1.807, 2.05) is 48.5 Å². The molecule has 0 atom stereocenters. The van der Waals surface area contributed by atoms with Crippen molar-refractivity contribution in [3.63, 3.8) is 0 Å². The lowest BCUT2D eigenvalue weighted by Gasteiger charge is -2.26. The molecule has 0 amide bonds. The van der Waals surface area contributed by atoms with Gasteiger partial charge >= 0.3 is 9.05 Å². The third kappa shape index (κ3) is 6.99. The SMILES string of the molecule is CCCCCc1ccccc1O[Si](OC)(OC)OCCOc1ccccc1. The summed E-state index contributed by atoms with van der Waals surface area (Å²) in [4.78, 5) is 0. The van der Waals surface area contributed by atoms with Crippen LogP contribution in [-0.2, 0) is 19.7 Å². The lowest BCUT2D eigenvalue weighted by molar-refractivity contribution is 0.0231. The molecular weight excluding hydrogens is 360 g/mol. The van der Waals surface area contributed by atoms with Gasteiger partial charge < -0.3 is 22.4 Å². The molecule has 2 aromatic rings. The van der Waals surface area contributed by atoms with Gasteiger partial charge in [0.05, 0.1) is 6.61 Å². The zero-order valence-corrected chi connectivity index (χ0v) is 17.5. The molecule has 0 unspecified atom stereocenters. The second-order valence-electron chi connectivity index (χ2n) is 6.09. The Bertz CT molecular complexity index is 646. The van der Waals surface area contributed by atoms with Gasteiger partial charge in [-0.05, 0) is 36.6 Å². The van der Waals surface area contributed by atoms with Gasteiger partial charge in [-0.1, -0.05) is 56.2 Å². The van der Waals surface area contributed by atoms with Crippen molar-refractivity contribution in [3.05, 3.63) is 60.2 Å². The molecule has 2 aromatic carbocycles. The van der Waals surface area contributed by atoms with E-state index in [1.54, 1.807) is 14.2 Å². The minimum atomic E-state index is -3.28. The first-order chi connectivity index (χ1) is 13.2. The van der Waals surface area contributed by atoms with Gasteiger partial charge in [0.1, 0.15) is 18.1 Å². The molecule has 0 heterocycles. The van der Waals surface area contributed by atoms with Gasteiger partial charge in [-0.2, -0.15) is 0 Å². The number of hydrogen-bond donors (Lipinski definition) is 0. The third-order valence-electron chi connectivity index (χ3n) is 4.13. The molecular formula is C21H30O5Si. The summed E-state index contributed by atoms with van der Waals surface area (Å²) in [6, 6.07) is 17.6. The largest absolute Gasteiger partial charge is 0.749 e. The predicted octanol–water partition coefficient (Wildman–Crippen LogP) is 4.62. The van der Waals surface area contributed by atoms with Crippen LogP contribution in [0.4, 0.5) is 0 Å². The number of aryl methyl sites for hydroxylation is 1. The van der Waals surface area contributed by atoms with Gasteiger partial charge in [-0.25, -0.2) is 0 Å². The number of benzene rings is 2. The highest BCUT2D eigenvalue weighted by Crippen LogP contribution is 2.24. The van der Waals surface area contributed by atoms with E-state index in [0.717, 1.165) is 29.9 Å². The molecule has 0 N–H and O–H groups in total.